The number of benzene rings is 3. The first-order valence-corrected chi connectivity index (χ1v) is 9.44. The number of rotatable bonds is 8. The maximum atomic E-state index is 12.1. The van der Waals surface area contributed by atoms with Crippen molar-refractivity contribution in [2.45, 2.75) is 19.5 Å². The first-order chi connectivity index (χ1) is 13.7. The number of carbonyl (C=O) groups excluding carboxylic acids is 1. The molecule has 3 aromatic carbocycles. The number of amides is 1. The van der Waals surface area contributed by atoms with E-state index in [4.69, 9.17) is 4.74 Å². The van der Waals surface area contributed by atoms with E-state index in [1.807, 2.05) is 42.5 Å². The van der Waals surface area contributed by atoms with Crippen molar-refractivity contribution in [3.63, 3.8) is 0 Å². The highest BCUT2D eigenvalue weighted by molar-refractivity contribution is 5.78. The quantitative estimate of drug-likeness (QED) is 0.617. The Labute approximate surface area is 166 Å². The lowest BCUT2D eigenvalue weighted by Gasteiger charge is -2.15. The summed E-state index contributed by atoms with van der Waals surface area (Å²) in [6.45, 7) is 2.84. The van der Waals surface area contributed by atoms with Crippen LogP contribution in [0.1, 0.15) is 24.1 Å². The third-order valence-corrected chi connectivity index (χ3v) is 4.74. The average Bonchev–Trinajstić information content (AvgIpc) is 2.77. The minimum absolute atomic E-state index is 0.0245. The van der Waals surface area contributed by atoms with Crippen molar-refractivity contribution in [2.75, 3.05) is 13.7 Å². The molecule has 0 aliphatic rings. The lowest BCUT2D eigenvalue weighted by molar-refractivity contribution is -0.120. The highest BCUT2D eigenvalue weighted by Crippen LogP contribution is 2.21. The molecule has 0 heterocycles. The number of carbonyl (C=O) groups is 1. The number of methoxy groups -OCH3 is 1. The monoisotopic (exact) mass is 374 g/mol. The molecular weight excluding hydrogens is 348 g/mol. The third kappa shape index (κ3) is 5.44. The average molecular weight is 374 g/mol. The SMILES string of the molecule is COc1ccc(CNC(=O)CN[C@H](C)c2ccc(-c3ccccc3)cc2)cc1. The van der Waals surface area contributed by atoms with Gasteiger partial charge in [0.05, 0.1) is 13.7 Å². The number of nitrogens with one attached hydrogen (secondary N) is 2. The first-order valence-electron chi connectivity index (χ1n) is 9.44. The molecule has 4 nitrogen and oxygen atoms in total. The standard InChI is InChI=1S/C24H26N2O2/c1-18(20-10-12-22(13-11-20)21-6-4-3-5-7-21)25-17-24(27)26-16-19-8-14-23(28-2)15-9-19/h3-15,18,25H,16-17H2,1-2H3,(H,26,27)/t18-/m1/s1. The molecule has 0 aliphatic heterocycles. The van der Waals surface area contributed by atoms with Gasteiger partial charge < -0.3 is 15.4 Å². The Morgan fingerprint density at radius 2 is 1.54 bits per heavy atom. The molecule has 4 heteroatoms. The second-order valence-electron chi connectivity index (χ2n) is 6.72. The van der Waals surface area contributed by atoms with Crippen LogP contribution in [0.15, 0.2) is 78.9 Å². The van der Waals surface area contributed by atoms with Crippen LogP contribution >= 0.6 is 0 Å². The van der Waals surface area contributed by atoms with E-state index in [-0.39, 0.29) is 18.5 Å². The van der Waals surface area contributed by atoms with Crippen LogP contribution < -0.4 is 15.4 Å². The molecular formula is C24H26N2O2. The molecule has 0 radical (unpaired) electrons. The van der Waals surface area contributed by atoms with Gasteiger partial charge in [-0.3, -0.25) is 4.79 Å². The molecule has 3 aromatic rings. The predicted molar refractivity (Wildman–Crippen MR) is 113 cm³/mol. The maximum absolute atomic E-state index is 12.1. The Morgan fingerprint density at radius 3 is 2.18 bits per heavy atom. The zero-order valence-electron chi connectivity index (χ0n) is 16.3. The fourth-order valence-electron chi connectivity index (χ4n) is 2.97. The van der Waals surface area contributed by atoms with Crippen LogP contribution in [0.4, 0.5) is 0 Å². The van der Waals surface area contributed by atoms with E-state index < -0.39 is 0 Å². The summed E-state index contributed by atoms with van der Waals surface area (Å²) in [5, 5.41) is 6.21. The van der Waals surface area contributed by atoms with Gasteiger partial charge in [-0.1, -0.05) is 66.7 Å². The highest BCUT2D eigenvalue weighted by atomic mass is 16.5. The van der Waals surface area contributed by atoms with Crippen molar-refractivity contribution >= 4 is 5.91 Å². The van der Waals surface area contributed by atoms with E-state index in [0.29, 0.717) is 6.54 Å². The van der Waals surface area contributed by atoms with Crippen molar-refractivity contribution < 1.29 is 9.53 Å². The topological polar surface area (TPSA) is 50.4 Å². The molecule has 0 unspecified atom stereocenters. The van der Waals surface area contributed by atoms with E-state index in [1.54, 1.807) is 7.11 Å². The smallest absolute Gasteiger partial charge is 0.234 e. The highest BCUT2D eigenvalue weighted by Gasteiger charge is 2.08. The molecule has 0 bridgehead atoms. The summed E-state index contributed by atoms with van der Waals surface area (Å²) in [6.07, 6.45) is 0. The van der Waals surface area contributed by atoms with Gasteiger partial charge in [0, 0.05) is 12.6 Å². The molecule has 1 atom stereocenters. The molecule has 1 amide bonds. The Hall–Kier alpha value is -3.11. The minimum atomic E-state index is -0.0245. The van der Waals surface area contributed by atoms with E-state index in [2.05, 4.69) is 54.0 Å². The van der Waals surface area contributed by atoms with Crippen LogP contribution in [-0.4, -0.2) is 19.6 Å². The third-order valence-electron chi connectivity index (χ3n) is 4.74. The largest absolute Gasteiger partial charge is 0.497 e. The summed E-state index contributed by atoms with van der Waals surface area (Å²) in [6, 6.07) is 26.5. The van der Waals surface area contributed by atoms with Gasteiger partial charge in [-0.25, -0.2) is 0 Å². The van der Waals surface area contributed by atoms with Crippen molar-refractivity contribution in [2.24, 2.45) is 0 Å². The molecule has 0 aromatic heterocycles. The van der Waals surface area contributed by atoms with Crippen LogP contribution in [0, 0.1) is 0 Å². The Kier molecular flexibility index (Phi) is 6.82. The Bertz CT molecular complexity index is 875. The van der Waals surface area contributed by atoms with Gasteiger partial charge in [0.1, 0.15) is 5.75 Å². The van der Waals surface area contributed by atoms with Crippen LogP contribution in [0.5, 0.6) is 5.75 Å². The Morgan fingerprint density at radius 1 is 0.893 bits per heavy atom. The van der Waals surface area contributed by atoms with Crippen LogP contribution in [-0.2, 0) is 11.3 Å². The molecule has 144 valence electrons. The number of ether oxygens (including phenoxy) is 1. The molecule has 0 spiro atoms. The van der Waals surface area contributed by atoms with Gasteiger partial charge in [-0.15, -0.1) is 0 Å². The van der Waals surface area contributed by atoms with Gasteiger partial charge in [-0.05, 0) is 41.3 Å². The second kappa shape index (κ2) is 9.72. The van der Waals surface area contributed by atoms with E-state index in [0.717, 1.165) is 16.9 Å². The van der Waals surface area contributed by atoms with Gasteiger partial charge in [0.25, 0.3) is 0 Å². The van der Waals surface area contributed by atoms with E-state index >= 15 is 0 Å². The zero-order valence-corrected chi connectivity index (χ0v) is 16.3. The van der Waals surface area contributed by atoms with E-state index in [9.17, 15) is 4.79 Å². The van der Waals surface area contributed by atoms with Gasteiger partial charge >= 0.3 is 0 Å². The lowest BCUT2D eigenvalue weighted by Crippen LogP contribution is -2.34. The van der Waals surface area contributed by atoms with Crippen LogP contribution in [0.3, 0.4) is 0 Å². The second-order valence-corrected chi connectivity index (χ2v) is 6.72. The van der Waals surface area contributed by atoms with E-state index in [1.165, 1.54) is 11.1 Å². The van der Waals surface area contributed by atoms with Crippen molar-refractivity contribution in [1.82, 2.24) is 10.6 Å². The zero-order chi connectivity index (χ0) is 19.8. The van der Waals surface area contributed by atoms with Crippen molar-refractivity contribution in [1.29, 1.82) is 0 Å². The fourth-order valence-corrected chi connectivity index (χ4v) is 2.97. The summed E-state index contributed by atoms with van der Waals surface area (Å²) in [5.74, 6) is 0.785. The molecule has 0 saturated carbocycles. The number of hydrogen-bond donors (Lipinski definition) is 2. The van der Waals surface area contributed by atoms with Gasteiger partial charge in [0.2, 0.25) is 5.91 Å². The number of hydrogen-bond acceptors (Lipinski definition) is 3. The van der Waals surface area contributed by atoms with Crippen molar-refractivity contribution in [3.8, 4) is 16.9 Å². The molecule has 0 fully saturated rings. The van der Waals surface area contributed by atoms with Crippen molar-refractivity contribution in [3.05, 3.63) is 90.0 Å². The maximum Gasteiger partial charge on any atom is 0.234 e. The molecule has 0 aliphatic carbocycles. The first kappa shape index (κ1) is 19.6. The van der Waals surface area contributed by atoms with Crippen LogP contribution in [0.25, 0.3) is 11.1 Å². The minimum Gasteiger partial charge on any atom is -0.497 e. The fraction of sp³-hybridized carbons (Fsp3) is 0.208. The molecule has 0 saturated heterocycles. The summed E-state index contributed by atoms with van der Waals surface area (Å²) >= 11 is 0. The summed E-state index contributed by atoms with van der Waals surface area (Å²) in [7, 11) is 1.64. The summed E-state index contributed by atoms with van der Waals surface area (Å²) in [5.41, 5.74) is 4.59. The Balaban J connectivity index is 1.46. The lowest BCUT2D eigenvalue weighted by atomic mass is 10.0. The predicted octanol–water partition coefficient (Wildman–Crippen LogP) is 4.33. The summed E-state index contributed by atoms with van der Waals surface area (Å²) < 4.78 is 5.14. The van der Waals surface area contributed by atoms with Crippen LogP contribution in [0.2, 0.25) is 0 Å². The molecule has 28 heavy (non-hydrogen) atoms. The van der Waals surface area contributed by atoms with Gasteiger partial charge in [-0.2, -0.15) is 0 Å². The van der Waals surface area contributed by atoms with Gasteiger partial charge in [0.15, 0.2) is 0 Å². The molecule has 3 rings (SSSR count). The summed E-state index contributed by atoms with van der Waals surface area (Å²) in [4.78, 5) is 12.1. The normalized spacial score (nSPS) is 11.6. The molecule has 2 N–H and O–H groups in total.